The highest BCUT2D eigenvalue weighted by Gasteiger charge is 2.26. The highest BCUT2D eigenvalue weighted by atomic mass is 16.6. The van der Waals surface area contributed by atoms with Crippen molar-refractivity contribution in [2.75, 3.05) is 33.2 Å². The molecule has 1 aromatic carbocycles. The van der Waals surface area contributed by atoms with Crippen LogP contribution in [0, 0.1) is 12.8 Å². The maximum Gasteiger partial charge on any atom is 0.410 e. The summed E-state index contributed by atoms with van der Waals surface area (Å²) in [6, 6.07) is 8.09. The minimum absolute atomic E-state index is 0.0457. The van der Waals surface area contributed by atoms with Crippen LogP contribution < -0.4 is 5.32 Å². The van der Waals surface area contributed by atoms with Gasteiger partial charge in [-0.2, -0.15) is 0 Å². The van der Waals surface area contributed by atoms with Gasteiger partial charge >= 0.3 is 6.09 Å². The average Bonchev–Trinajstić information content (AvgIpc) is 2.60. The number of amides is 2. The van der Waals surface area contributed by atoms with Crippen molar-refractivity contribution in [1.82, 2.24) is 15.1 Å². The van der Waals surface area contributed by atoms with Gasteiger partial charge in [0.2, 0.25) is 5.91 Å². The second-order valence-corrected chi connectivity index (χ2v) is 8.81. The van der Waals surface area contributed by atoms with Crippen LogP contribution in [0.1, 0.15) is 44.7 Å². The van der Waals surface area contributed by atoms with E-state index >= 15 is 0 Å². The third-order valence-corrected chi connectivity index (χ3v) is 4.94. The van der Waals surface area contributed by atoms with Gasteiger partial charge in [-0.05, 0) is 64.1 Å². The molecule has 6 heteroatoms. The van der Waals surface area contributed by atoms with Crippen molar-refractivity contribution in [1.29, 1.82) is 0 Å². The molecule has 1 fully saturated rings. The number of hydrogen-bond acceptors (Lipinski definition) is 4. The van der Waals surface area contributed by atoms with Gasteiger partial charge in [0.1, 0.15) is 5.60 Å². The molecule has 156 valence electrons. The monoisotopic (exact) mass is 389 g/mol. The molecule has 1 aromatic rings. The first-order chi connectivity index (χ1) is 13.1. The zero-order valence-corrected chi connectivity index (χ0v) is 18.0. The summed E-state index contributed by atoms with van der Waals surface area (Å²) in [5.74, 6) is 0.403. The third-order valence-electron chi connectivity index (χ3n) is 4.94. The van der Waals surface area contributed by atoms with Crippen molar-refractivity contribution >= 4 is 12.0 Å². The molecule has 1 N–H and O–H groups in total. The fourth-order valence-corrected chi connectivity index (χ4v) is 3.51. The maximum atomic E-state index is 12.4. The first kappa shape index (κ1) is 22.2. The summed E-state index contributed by atoms with van der Waals surface area (Å²) in [6.07, 6.45) is 1.81. The van der Waals surface area contributed by atoms with Gasteiger partial charge in [-0.1, -0.05) is 24.3 Å². The zero-order chi connectivity index (χ0) is 20.7. The molecule has 0 saturated carbocycles. The number of nitrogens with one attached hydrogen (secondary N) is 1. The Hall–Kier alpha value is -2.08. The van der Waals surface area contributed by atoms with Gasteiger partial charge in [0.25, 0.3) is 0 Å². The SMILES string of the molecule is Cc1ccccc1CNC(=O)CN1CCCC(CN(C)C(=O)OC(C)(C)C)C1. The number of aryl methyl sites for hydroxylation is 1. The Morgan fingerprint density at radius 2 is 2.00 bits per heavy atom. The van der Waals surface area contributed by atoms with E-state index < -0.39 is 5.60 Å². The predicted octanol–water partition coefficient (Wildman–Crippen LogP) is 3.19. The lowest BCUT2D eigenvalue weighted by molar-refractivity contribution is -0.122. The van der Waals surface area contributed by atoms with E-state index in [0.29, 0.717) is 25.6 Å². The third kappa shape index (κ3) is 7.50. The lowest BCUT2D eigenvalue weighted by atomic mass is 9.97. The van der Waals surface area contributed by atoms with Gasteiger partial charge in [-0.25, -0.2) is 4.79 Å². The standard InChI is InChI=1S/C22H35N3O3/c1-17-9-6-7-11-19(17)13-23-20(26)16-25-12-8-10-18(15-25)14-24(5)21(27)28-22(2,3)4/h6-7,9,11,18H,8,10,12-16H2,1-5H3,(H,23,26). The van der Waals surface area contributed by atoms with Gasteiger partial charge in [0.05, 0.1) is 6.54 Å². The fourth-order valence-electron chi connectivity index (χ4n) is 3.51. The topological polar surface area (TPSA) is 61.9 Å². The molecular formula is C22H35N3O3. The van der Waals surface area contributed by atoms with Gasteiger partial charge < -0.3 is 15.0 Å². The predicted molar refractivity (Wildman–Crippen MR) is 111 cm³/mol. The number of ether oxygens (including phenoxy) is 1. The molecule has 0 spiro atoms. The summed E-state index contributed by atoms with van der Waals surface area (Å²) >= 11 is 0. The molecule has 1 atom stereocenters. The van der Waals surface area contributed by atoms with Gasteiger partial charge in [-0.3, -0.25) is 9.69 Å². The molecule has 6 nitrogen and oxygen atoms in total. The van der Waals surface area contributed by atoms with Crippen molar-refractivity contribution in [3.05, 3.63) is 35.4 Å². The number of rotatable bonds is 6. The van der Waals surface area contributed by atoms with Gasteiger partial charge in [0, 0.05) is 26.7 Å². The van der Waals surface area contributed by atoms with Crippen LogP contribution in [0.15, 0.2) is 24.3 Å². The molecule has 1 aliphatic rings. The van der Waals surface area contributed by atoms with Crippen LogP contribution >= 0.6 is 0 Å². The van der Waals surface area contributed by atoms with E-state index in [9.17, 15) is 9.59 Å². The van der Waals surface area contributed by atoms with E-state index in [1.807, 2.05) is 39.0 Å². The molecule has 1 unspecified atom stereocenters. The largest absolute Gasteiger partial charge is 0.444 e. The molecule has 1 heterocycles. The van der Waals surface area contributed by atoms with Crippen LogP contribution in [0.25, 0.3) is 0 Å². The van der Waals surface area contributed by atoms with E-state index in [-0.39, 0.29) is 12.0 Å². The van der Waals surface area contributed by atoms with Crippen molar-refractivity contribution in [3.8, 4) is 0 Å². The minimum atomic E-state index is -0.487. The fraction of sp³-hybridized carbons (Fsp3) is 0.636. The number of benzene rings is 1. The van der Waals surface area contributed by atoms with E-state index in [0.717, 1.165) is 31.5 Å². The first-order valence-corrected chi connectivity index (χ1v) is 10.1. The molecular weight excluding hydrogens is 354 g/mol. The summed E-state index contributed by atoms with van der Waals surface area (Å²) in [6.45, 7) is 11.0. The lowest BCUT2D eigenvalue weighted by Gasteiger charge is -2.34. The molecule has 1 aliphatic heterocycles. The average molecular weight is 390 g/mol. The Kier molecular flexibility index (Phi) is 7.87. The number of likely N-dealkylation sites (tertiary alicyclic amines) is 1. The molecule has 0 aromatic heterocycles. The zero-order valence-electron chi connectivity index (χ0n) is 18.0. The quantitative estimate of drug-likeness (QED) is 0.812. The number of hydrogen-bond donors (Lipinski definition) is 1. The summed E-state index contributed by atoms with van der Waals surface area (Å²) in [4.78, 5) is 28.4. The summed E-state index contributed by atoms with van der Waals surface area (Å²) in [5, 5.41) is 3.02. The molecule has 0 aliphatic carbocycles. The Bertz CT molecular complexity index is 669. The highest BCUT2D eigenvalue weighted by Crippen LogP contribution is 2.18. The van der Waals surface area contributed by atoms with Crippen molar-refractivity contribution in [3.63, 3.8) is 0 Å². The lowest BCUT2D eigenvalue weighted by Crippen LogP contribution is -2.46. The van der Waals surface area contributed by atoms with Gasteiger partial charge in [0.15, 0.2) is 0 Å². The molecule has 2 rings (SSSR count). The first-order valence-electron chi connectivity index (χ1n) is 10.1. The summed E-state index contributed by atoms with van der Waals surface area (Å²) < 4.78 is 5.43. The van der Waals surface area contributed by atoms with Crippen LogP contribution in [0.2, 0.25) is 0 Å². The second-order valence-electron chi connectivity index (χ2n) is 8.81. The van der Waals surface area contributed by atoms with Crippen LogP contribution in [-0.2, 0) is 16.1 Å². The number of carbonyl (C=O) groups excluding carboxylic acids is 2. The van der Waals surface area contributed by atoms with Crippen LogP contribution in [-0.4, -0.2) is 60.6 Å². The van der Waals surface area contributed by atoms with Crippen LogP contribution in [0.5, 0.6) is 0 Å². The summed E-state index contributed by atoms with van der Waals surface area (Å²) in [7, 11) is 1.78. The Morgan fingerprint density at radius 3 is 2.68 bits per heavy atom. The van der Waals surface area contributed by atoms with E-state index in [1.165, 1.54) is 5.56 Å². The molecule has 1 saturated heterocycles. The van der Waals surface area contributed by atoms with Crippen molar-refractivity contribution in [2.45, 2.75) is 52.7 Å². The van der Waals surface area contributed by atoms with Gasteiger partial charge in [-0.15, -0.1) is 0 Å². The number of carbonyl (C=O) groups is 2. The smallest absolute Gasteiger partial charge is 0.410 e. The Balaban J connectivity index is 1.77. The van der Waals surface area contributed by atoms with Crippen molar-refractivity contribution < 1.29 is 14.3 Å². The Labute approximate surface area is 169 Å². The highest BCUT2D eigenvalue weighted by molar-refractivity contribution is 5.78. The number of piperidine rings is 1. The van der Waals surface area contributed by atoms with E-state index in [2.05, 4.69) is 23.2 Å². The van der Waals surface area contributed by atoms with E-state index in [4.69, 9.17) is 4.74 Å². The normalized spacial score (nSPS) is 17.8. The molecule has 0 radical (unpaired) electrons. The van der Waals surface area contributed by atoms with Crippen LogP contribution in [0.3, 0.4) is 0 Å². The molecule has 0 bridgehead atoms. The molecule has 2 amide bonds. The van der Waals surface area contributed by atoms with Crippen LogP contribution in [0.4, 0.5) is 4.79 Å². The summed E-state index contributed by atoms with van der Waals surface area (Å²) in [5.41, 5.74) is 1.84. The van der Waals surface area contributed by atoms with Crippen molar-refractivity contribution in [2.24, 2.45) is 5.92 Å². The molecule has 28 heavy (non-hydrogen) atoms. The second kappa shape index (κ2) is 9.92. The maximum absolute atomic E-state index is 12.4. The minimum Gasteiger partial charge on any atom is -0.444 e. The Morgan fingerprint density at radius 1 is 1.29 bits per heavy atom. The number of nitrogens with zero attached hydrogens (tertiary/aromatic N) is 2. The van der Waals surface area contributed by atoms with E-state index in [1.54, 1.807) is 11.9 Å².